The molecule has 0 unspecified atom stereocenters. The van der Waals surface area contributed by atoms with Gasteiger partial charge < -0.3 is 26.3 Å². The third-order valence-electron chi connectivity index (χ3n) is 4.68. The number of rotatable bonds is 4. The first-order chi connectivity index (χ1) is 13.0. The highest BCUT2D eigenvalue weighted by Crippen LogP contribution is 2.25. The molecule has 1 aliphatic heterocycles. The molecular weight excluding hydrogens is 346 g/mol. The average Bonchev–Trinajstić information content (AvgIpc) is 3.33. The molecule has 0 saturated carbocycles. The molecule has 140 valence electrons. The summed E-state index contributed by atoms with van der Waals surface area (Å²) in [6.45, 7) is 4.03. The number of primary amides is 1. The van der Waals surface area contributed by atoms with E-state index in [0.29, 0.717) is 11.5 Å². The van der Waals surface area contributed by atoms with Crippen molar-refractivity contribution in [1.29, 1.82) is 0 Å². The number of nitrogens with zero attached hydrogens (tertiary/aromatic N) is 6. The maximum Gasteiger partial charge on any atom is 0.251 e. The molecule has 0 aliphatic carbocycles. The SMILES string of the molecule is CN1CCN(c2c[nH]c(-c3cnc(N)c(-n4cc(C(N)=O)cn4)n3)c2)CC1. The Labute approximate surface area is 155 Å². The number of hydrogen-bond donors (Lipinski definition) is 3. The van der Waals surface area contributed by atoms with Crippen LogP contribution in [0, 0.1) is 0 Å². The lowest BCUT2D eigenvalue weighted by Gasteiger charge is -2.33. The number of aromatic nitrogens is 5. The summed E-state index contributed by atoms with van der Waals surface area (Å²) in [5, 5.41) is 4.10. The molecule has 1 aliphatic rings. The first-order valence-corrected chi connectivity index (χ1v) is 8.61. The van der Waals surface area contributed by atoms with Gasteiger partial charge in [-0.3, -0.25) is 4.79 Å². The fourth-order valence-corrected chi connectivity index (χ4v) is 3.03. The van der Waals surface area contributed by atoms with Crippen LogP contribution in [-0.2, 0) is 0 Å². The smallest absolute Gasteiger partial charge is 0.251 e. The van der Waals surface area contributed by atoms with Crippen LogP contribution in [0.15, 0.2) is 30.9 Å². The third-order valence-corrected chi connectivity index (χ3v) is 4.68. The number of hydrogen-bond acceptors (Lipinski definition) is 7. The molecule has 4 heterocycles. The van der Waals surface area contributed by atoms with Gasteiger partial charge >= 0.3 is 0 Å². The van der Waals surface area contributed by atoms with Gasteiger partial charge in [-0.1, -0.05) is 0 Å². The van der Waals surface area contributed by atoms with Crippen LogP contribution in [0.1, 0.15) is 10.4 Å². The molecule has 0 bridgehead atoms. The second-order valence-electron chi connectivity index (χ2n) is 6.56. The van der Waals surface area contributed by atoms with Crippen LogP contribution in [-0.4, -0.2) is 68.8 Å². The average molecular weight is 367 g/mol. The number of H-pyrrole nitrogens is 1. The fraction of sp³-hybridized carbons (Fsp3) is 0.294. The van der Waals surface area contributed by atoms with Crippen LogP contribution in [0.25, 0.3) is 17.2 Å². The van der Waals surface area contributed by atoms with Crippen LogP contribution < -0.4 is 16.4 Å². The summed E-state index contributed by atoms with van der Waals surface area (Å²) < 4.78 is 1.40. The summed E-state index contributed by atoms with van der Waals surface area (Å²) in [6.07, 6.45) is 6.43. The van der Waals surface area contributed by atoms with E-state index in [1.165, 1.54) is 17.1 Å². The molecule has 3 aromatic heterocycles. The number of carbonyl (C=O) groups excluding carboxylic acids is 1. The fourth-order valence-electron chi connectivity index (χ4n) is 3.03. The van der Waals surface area contributed by atoms with Crippen molar-refractivity contribution in [3.63, 3.8) is 0 Å². The minimum atomic E-state index is -0.565. The normalized spacial score (nSPS) is 15.2. The van der Waals surface area contributed by atoms with Crippen molar-refractivity contribution in [2.45, 2.75) is 0 Å². The van der Waals surface area contributed by atoms with E-state index < -0.39 is 5.91 Å². The molecule has 0 radical (unpaired) electrons. The lowest BCUT2D eigenvalue weighted by Crippen LogP contribution is -2.44. The number of likely N-dealkylation sites (N-methyl/N-ethyl adjacent to an activating group) is 1. The number of nitrogens with two attached hydrogens (primary N) is 2. The number of carbonyl (C=O) groups is 1. The maximum atomic E-state index is 11.3. The van der Waals surface area contributed by atoms with Gasteiger partial charge in [-0.05, 0) is 13.1 Å². The Morgan fingerprint density at radius 2 is 2.00 bits per heavy atom. The van der Waals surface area contributed by atoms with Crippen molar-refractivity contribution in [3.8, 4) is 17.2 Å². The minimum absolute atomic E-state index is 0.212. The second-order valence-corrected chi connectivity index (χ2v) is 6.56. The van der Waals surface area contributed by atoms with Gasteiger partial charge in [0.25, 0.3) is 5.91 Å². The molecule has 5 N–H and O–H groups in total. The van der Waals surface area contributed by atoms with Crippen molar-refractivity contribution < 1.29 is 4.79 Å². The topological polar surface area (TPSA) is 135 Å². The lowest BCUT2D eigenvalue weighted by molar-refractivity contribution is 0.100. The van der Waals surface area contributed by atoms with E-state index in [-0.39, 0.29) is 11.4 Å². The van der Waals surface area contributed by atoms with Crippen LogP contribution in [0.3, 0.4) is 0 Å². The highest BCUT2D eigenvalue weighted by atomic mass is 16.1. The van der Waals surface area contributed by atoms with Crippen LogP contribution in [0.5, 0.6) is 0 Å². The molecule has 3 aromatic rings. The van der Waals surface area contributed by atoms with E-state index in [9.17, 15) is 4.79 Å². The number of nitrogen functional groups attached to an aromatic ring is 1. The zero-order valence-corrected chi connectivity index (χ0v) is 15.0. The standard InChI is InChI=1S/C17H21N9O/c1-24-2-4-25(5-3-24)12-6-13(20-8-12)14-9-21-15(18)17(23-14)26-10-11(7-22-26)16(19)27/h6-10,20H,2-5H2,1H3,(H2,18,21)(H2,19,27). The van der Waals surface area contributed by atoms with Gasteiger partial charge in [-0.15, -0.1) is 0 Å². The van der Waals surface area contributed by atoms with Gasteiger partial charge in [0.05, 0.1) is 29.3 Å². The van der Waals surface area contributed by atoms with E-state index in [1.807, 2.05) is 12.3 Å². The Morgan fingerprint density at radius 1 is 1.22 bits per heavy atom. The number of piperazine rings is 1. The molecular formula is C17H21N9O. The minimum Gasteiger partial charge on any atom is -0.381 e. The maximum absolute atomic E-state index is 11.3. The Hall–Kier alpha value is -3.40. The molecule has 0 atom stereocenters. The van der Waals surface area contributed by atoms with Crippen LogP contribution >= 0.6 is 0 Å². The Bertz CT molecular complexity index is 968. The van der Waals surface area contributed by atoms with E-state index in [1.54, 1.807) is 6.20 Å². The summed E-state index contributed by atoms with van der Waals surface area (Å²) in [6, 6.07) is 2.05. The van der Waals surface area contributed by atoms with Gasteiger partial charge in [0.15, 0.2) is 11.6 Å². The molecule has 0 aromatic carbocycles. The van der Waals surface area contributed by atoms with Crippen molar-refractivity contribution >= 4 is 17.4 Å². The van der Waals surface area contributed by atoms with E-state index >= 15 is 0 Å². The van der Waals surface area contributed by atoms with Gasteiger partial charge in [0.1, 0.15) is 5.69 Å². The van der Waals surface area contributed by atoms with Gasteiger partial charge in [0, 0.05) is 38.6 Å². The first-order valence-electron chi connectivity index (χ1n) is 8.61. The highest BCUT2D eigenvalue weighted by Gasteiger charge is 2.17. The van der Waals surface area contributed by atoms with Crippen LogP contribution in [0.2, 0.25) is 0 Å². The molecule has 1 fully saturated rings. The Morgan fingerprint density at radius 3 is 2.70 bits per heavy atom. The van der Waals surface area contributed by atoms with E-state index in [2.05, 4.69) is 36.9 Å². The molecule has 27 heavy (non-hydrogen) atoms. The second kappa shape index (κ2) is 6.72. The van der Waals surface area contributed by atoms with Crippen molar-refractivity contribution in [2.75, 3.05) is 43.9 Å². The summed E-state index contributed by atoms with van der Waals surface area (Å²) in [5.41, 5.74) is 14.1. The number of aromatic amines is 1. The molecule has 10 nitrogen and oxygen atoms in total. The molecule has 1 amide bonds. The monoisotopic (exact) mass is 367 g/mol. The molecule has 0 spiro atoms. The van der Waals surface area contributed by atoms with Gasteiger partial charge in [0.2, 0.25) is 0 Å². The predicted octanol–water partition coefficient (Wildman–Crippen LogP) is 0.0903. The molecule has 4 rings (SSSR count). The largest absolute Gasteiger partial charge is 0.381 e. The number of nitrogens with one attached hydrogen (secondary N) is 1. The summed E-state index contributed by atoms with van der Waals surface area (Å²) >= 11 is 0. The lowest BCUT2D eigenvalue weighted by atomic mass is 10.2. The highest BCUT2D eigenvalue weighted by molar-refractivity contribution is 5.92. The zero-order valence-electron chi connectivity index (χ0n) is 15.0. The summed E-state index contributed by atoms with van der Waals surface area (Å²) in [4.78, 5) is 27.9. The summed E-state index contributed by atoms with van der Waals surface area (Å²) in [7, 11) is 2.13. The Kier molecular flexibility index (Phi) is 4.24. The van der Waals surface area contributed by atoms with Crippen molar-refractivity contribution in [3.05, 3.63) is 36.4 Å². The number of amides is 1. The third kappa shape index (κ3) is 3.34. The Balaban J connectivity index is 1.62. The quantitative estimate of drug-likeness (QED) is 0.595. The van der Waals surface area contributed by atoms with Gasteiger partial charge in [-0.2, -0.15) is 5.10 Å². The molecule has 1 saturated heterocycles. The predicted molar refractivity (Wildman–Crippen MR) is 102 cm³/mol. The van der Waals surface area contributed by atoms with Crippen molar-refractivity contribution in [2.24, 2.45) is 5.73 Å². The van der Waals surface area contributed by atoms with Crippen LogP contribution in [0.4, 0.5) is 11.5 Å². The van der Waals surface area contributed by atoms with E-state index in [4.69, 9.17) is 11.5 Å². The van der Waals surface area contributed by atoms with Crippen molar-refractivity contribution in [1.82, 2.24) is 29.6 Å². The first kappa shape index (κ1) is 17.0. The number of anilines is 2. The molecule has 10 heteroatoms. The summed E-state index contributed by atoms with van der Waals surface area (Å²) in [5.74, 6) is -0.00964. The van der Waals surface area contributed by atoms with Gasteiger partial charge in [-0.25, -0.2) is 14.6 Å². The zero-order chi connectivity index (χ0) is 19.0. The van der Waals surface area contributed by atoms with E-state index in [0.717, 1.165) is 37.6 Å².